The molecule has 0 spiro atoms. The molecule has 1 aliphatic carbocycles. The summed E-state index contributed by atoms with van der Waals surface area (Å²) < 4.78 is 45.5. The van der Waals surface area contributed by atoms with Crippen LogP contribution in [0.4, 0.5) is 13.2 Å². The number of hydrogen-bond donors (Lipinski definition) is 2. The second-order valence-electron chi connectivity index (χ2n) is 11.4. The summed E-state index contributed by atoms with van der Waals surface area (Å²) in [5.74, 6) is 0.432. The predicted molar refractivity (Wildman–Crippen MR) is 168 cm³/mol. The molecule has 2 aliphatic rings. The Morgan fingerprint density at radius 1 is 1.02 bits per heavy atom. The minimum absolute atomic E-state index is 0.00602. The van der Waals surface area contributed by atoms with Gasteiger partial charge in [0.25, 0.3) is 5.56 Å². The van der Waals surface area contributed by atoms with Crippen molar-refractivity contribution in [3.63, 3.8) is 0 Å². The maximum Gasteiger partial charge on any atom is 0.416 e. The third-order valence-corrected chi connectivity index (χ3v) is 9.50. The van der Waals surface area contributed by atoms with Gasteiger partial charge in [-0.1, -0.05) is 54.6 Å². The van der Waals surface area contributed by atoms with E-state index in [0.717, 1.165) is 37.0 Å². The van der Waals surface area contributed by atoms with Crippen molar-refractivity contribution in [1.29, 1.82) is 0 Å². The summed E-state index contributed by atoms with van der Waals surface area (Å²) in [4.78, 5) is 33.5. The Kier molecular flexibility index (Phi) is 9.37. The average molecular weight is 651 g/mol. The van der Waals surface area contributed by atoms with Crippen LogP contribution in [0.2, 0.25) is 0 Å². The van der Waals surface area contributed by atoms with E-state index >= 15 is 0 Å². The fraction of sp³-hybridized carbons (Fsp3) is 0.324. The number of para-hydroxylation sites is 2. The zero-order valence-electron chi connectivity index (χ0n) is 24.9. The lowest BCUT2D eigenvalue weighted by atomic mass is 10.0. The van der Waals surface area contributed by atoms with Gasteiger partial charge in [-0.15, -0.1) is 0 Å². The van der Waals surface area contributed by atoms with Crippen LogP contribution < -0.4 is 15.6 Å². The van der Waals surface area contributed by atoms with Crippen LogP contribution in [0.3, 0.4) is 0 Å². The van der Waals surface area contributed by atoms with Gasteiger partial charge in [0.2, 0.25) is 5.91 Å². The zero-order valence-corrected chi connectivity index (χ0v) is 25.7. The summed E-state index contributed by atoms with van der Waals surface area (Å²) in [5, 5.41) is 14.7. The molecule has 1 amide bonds. The van der Waals surface area contributed by atoms with Crippen LogP contribution in [0.5, 0.6) is 11.5 Å². The second-order valence-corrected chi connectivity index (χ2v) is 12.7. The molecular formula is C34H33F3N4O4S. The number of alkyl halides is 3. The van der Waals surface area contributed by atoms with Crippen molar-refractivity contribution in [3.05, 3.63) is 111 Å². The third kappa shape index (κ3) is 7.23. The van der Waals surface area contributed by atoms with Crippen molar-refractivity contribution in [2.45, 2.75) is 62.0 Å². The zero-order chi connectivity index (χ0) is 32.3. The van der Waals surface area contributed by atoms with Crippen LogP contribution in [-0.4, -0.2) is 43.8 Å². The van der Waals surface area contributed by atoms with E-state index in [9.17, 15) is 27.9 Å². The Morgan fingerprint density at radius 2 is 1.74 bits per heavy atom. The summed E-state index contributed by atoms with van der Waals surface area (Å²) in [6, 6.07) is 18.8. The topological polar surface area (TPSA) is 96.7 Å². The van der Waals surface area contributed by atoms with Gasteiger partial charge in [-0.05, 0) is 60.4 Å². The first-order valence-electron chi connectivity index (χ1n) is 15.1. The van der Waals surface area contributed by atoms with E-state index < -0.39 is 11.7 Å². The minimum atomic E-state index is -4.37. The van der Waals surface area contributed by atoms with Crippen molar-refractivity contribution in [2.75, 3.05) is 13.1 Å². The maximum absolute atomic E-state index is 13.8. The van der Waals surface area contributed by atoms with Gasteiger partial charge in [0.05, 0.1) is 35.6 Å². The molecule has 0 bridgehead atoms. The summed E-state index contributed by atoms with van der Waals surface area (Å²) in [7, 11) is 0. The Balaban J connectivity index is 1.04. The Labute approximate surface area is 268 Å². The molecule has 0 unspecified atom stereocenters. The number of ether oxygens (including phenoxy) is 1. The number of phenols is 1. The fourth-order valence-corrected chi connectivity index (χ4v) is 6.65. The lowest BCUT2D eigenvalue weighted by molar-refractivity contribution is -0.137. The van der Waals surface area contributed by atoms with Gasteiger partial charge in [0.15, 0.2) is 5.16 Å². The Bertz CT molecular complexity index is 1760. The van der Waals surface area contributed by atoms with Crippen LogP contribution in [-0.2, 0) is 37.1 Å². The number of nitrogens with zero attached hydrogens (tertiary/aromatic N) is 3. The van der Waals surface area contributed by atoms with E-state index in [4.69, 9.17) is 9.72 Å². The van der Waals surface area contributed by atoms with Crippen molar-refractivity contribution in [2.24, 2.45) is 0 Å². The van der Waals surface area contributed by atoms with Crippen molar-refractivity contribution in [3.8, 4) is 17.2 Å². The normalized spacial score (nSPS) is 14.9. The van der Waals surface area contributed by atoms with E-state index in [-0.39, 0.29) is 36.9 Å². The highest BCUT2D eigenvalue weighted by molar-refractivity contribution is 7.99. The van der Waals surface area contributed by atoms with Crippen LogP contribution >= 0.6 is 11.8 Å². The molecule has 8 nitrogen and oxygen atoms in total. The van der Waals surface area contributed by atoms with Crippen molar-refractivity contribution < 1.29 is 27.8 Å². The summed E-state index contributed by atoms with van der Waals surface area (Å²) in [6.07, 6.45) is -0.609. The molecule has 6 rings (SSSR count). The first-order chi connectivity index (χ1) is 22.2. The van der Waals surface area contributed by atoms with E-state index in [2.05, 4.69) is 5.32 Å². The Morgan fingerprint density at radius 3 is 2.41 bits per heavy atom. The summed E-state index contributed by atoms with van der Waals surface area (Å²) in [5.41, 5.74) is 2.13. The molecule has 46 heavy (non-hydrogen) atoms. The number of carbonyl (C=O) groups is 1. The molecule has 12 heteroatoms. The minimum Gasteiger partial charge on any atom is -0.506 e. The molecule has 0 radical (unpaired) electrons. The number of nitrogens with one attached hydrogen (secondary N) is 1. The second kappa shape index (κ2) is 13.6. The molecular weight excluding hydrogens is 617 g/mol. The van der Waals surface area contributed by atoms with Crippen LogP contribution in [0.1, 0.15) is 47.2 Å². The van der Waals surface area contributed by atoms with E-state index in [1.165, 1.54) is 16.7 Å². The SMILES string of the molecule is O=C(CNCc1ccc(OCc2ccc(C(F)(F)F)cc2)cc1)N1CCc2nc(SC3CCC3)n(-c3ccccc3O)c(=O)c2C1. The van der Waals surface area contributed by atoms with Crippen molar-refractivity contribution >= 4 is 17.7 Å². The van der Waals surface area contributed by atoms with Gasteiger partial charge in [-0.3, -0.25) is 14.2 Å². The first kappa shape index (κ1) is 31.7. The largest absolute Gasteiger partial charge is 0.506 e. The molecule has 2 heterocycles. The highest BCUT2D eigenvalue weighted by atomic mass is 32.2. The standard InChI is InChI=1S/C34H33F3N4O4S/c35-34(36,37)24-12-8-23(9-13-24)21-45-25-14-10-22(11-15-25)18-38-19-31(43)40-17-16-28-27(20-40)32(44)41(29-6-1-2-7-30(29)42)33(39-28)46-26-4-3-5-26/h1-2,6-15,26,38,42H,3-5,16-21H2. The van der Waals surface area contributed by atoms with Gasteiger partial charge >= 0.3 is 6.18 Å². The highest BCUT2D eigenvalue weighted by Crippen LogP contribution is 2.37. The molecule has 1 fully saturated rings. The molecule has 0 saturated heterocycles. The molecule has 1 aliphatic heterocycles. The van der Waals surface area contributed by atoms with E-state index in [0.29, 0.717) is 58.2 Å². The Hall–Kier alpha value is -4.29. The number of aromatic hydroxyl groups is 1. The first-order valence-corrected chi connectivity index (χ1v) is 16.0. The number of rotatable bonds is 10. The van der Waals surface area contributed by atoms with Crippen LogP contribution in [0.25, 0.3) is 5.69 Å². The molecule has 1 aromatic heterocycles. The molecule has 0 atom stereocenters. The number of thioether (sulfide) groups is 1. The molecule has 4 aromatic rings. The average Bonchev–Trinajstić information content (AvgIpc) is 3.03. The number of benzene rings is 3. The van der Waals surface area contributed by atoms with E-state index in [1.807, 2.05) is 12.1 Å². The van der Waals surface area contributed by atoms with Gasteiger partial charge in [-0.25, -0.2) is 4.98 Å². The number of halogens is 3. The number of aromatic nitrogens is 2. The summed E-state index contributed by atoms with van der Waals surface area (Å²) >= 11 is 1.58. The lowest BCUT2D eigenvalue weighted by Gasteiger charge is -2.30. The van der Waals surface area contributed by atoms with Gasteiger partial charge in [-0.2, -0.15) is 13.2 Å². The number of carbonyl (C=O) groups excluding carboxylic acids is 1. The number of hydrogen-bond acceptors (Lipinski definition) is 7. The quantitative estimate of drug-likeness (QED) is 0.208. The molecule has 240 valence electrons. The smallest absolute Gasteiger partial charge is 0.416 e. The van der Waals surface area contributed by atoms with Gasteiger partial charge in [0, 0.05) is 24.8 Å². The molecule has 3 aromatic carbocycles. The van der Waals surface area contributed by atoms with Crippen molar-refractivity contribution in [1.82, 2.24) is 19.8 Å². The molecule has 2 N–H and O–H groups in total. The van der Waals surface area contributed by atoms with Gasteiger partial charge in [0.1, 0.15) is 18.1 Å². The molecule has 1 saturated carbocycles. The number of amides is 1. The van der Waals surface area contributed by atoms with Crippen LogP contribution in [0, 0.1) is 0 Å². The number of fused-ring (bicyclic) bond motifs is 1. The third-order valence-electron chi connectivity index (χ3n) is 8.21. The monoisotopic (exact) mass is 650 g/mol. The van der Waals surface area contributed by atoms with Gasteiger partial charge < -0.3 is 20.1 Å². The lowest BCUT2D eigenvalue weighted by Crippen LogP contribution is -2.44. The summed E-state index contributed by atoms with van der Waals surface area (Å²) in [6.45, 7) is 1.25. The van der Waals surface area contributed by atoms with E-state index in [1.54, 1.807) is 53.1 Å². The van der Waals surface area contributed by atoms with Crippen LogP contribution in [0.15, 0.2) is 82.7 Å². The maximum atomic E-state index is 13.8. The number of phenolic OH excluding ortho intramolecular Hbond substituents is 1. The predicted octanol–water partition coefficient (Wildman–Crippen LogP) is 5.86. The highest BCUT2D eigenvalue weighted by Gasteiger charge is 2.31. The fourth-order valence-electron chi connectivity index (χ4n) is 5.34.